The van der Waals surface area contributed by atoms with Gasteiger partial charge in [0.25, 0.3) is 0 Å². The predicted octanol–water partition coefficient (Wildman–Crippen LogP) is 1.51. The van der Waals surface area contributed by atoms with E-state index in [0.717, 1.165) is 24.7 Å². The van der Waals surface area contributed by atoms with Gasteiger partial charge in [-0.2, -0.15) is 5.10 Å². The van der Waals surface area contributed by atoms with E-state index in [0.29, 0.717) is 5.15 Å². The van der Waals surface area contributed by atoms with Crippen molar-refractivity contribution in [3.05, 3.63) is 23.0 Å². The Morgan fingerprint density at radius 3 is 2.88 bits per heavy atom. The van der Waals surface area contributed by atoms with Crippen molar-refractivity contribution in [2.24, 2.45) is 5.92 Å². The molecule has 4 nitrogen and oxygen atoms in total. The molecule has 0 bridgehead atoms. The Hall–Kier alpha value is -0.710. The van der Waals surface area contributed by atoms with Gasteiger partial charge in [0.05, 0.1) is 5.69 Å². The third-order valence-corrected chi connectivity index (χ3v) is 3.38. The van der Waals surface area contributed by atoms with Crippen LogP contribution in [0.2, 0.25) is 5.15 Å². The maximum Gasteiger partial charge on any atom is 0.151 e. The second-order valence-corrected chi connectivity index (χ2v) is 5.35. The molecule has 2 rings (SSSR count). The van der Waals surface area contributed by atoms with Crippen LogP contribution in [0, 0.1) is 5.92 Å². The zero-order valence-electron chi connectivity index (χ0n) is 10.4. The Balaban J connectivity index is 1.80. The fourth-order valence-electron chi connectivity index (χ4n) is 2.39. The van der Waals surface area contributed by atoms with Crippen LogP contribution in [0.15, 0.2) is 12.1 Å². The molecule has 0 aliphatic carbocycles. The minimum atomic E-state index is 0.453. The SMILES string of the molecule is CN1CCC(CN(C)Cc2ccc(Cl)nn2)C1. The normalized spacial score (nSPS) is 21.3. The maximum atomic E-state index is 5.71. The van der Waals surface area contributed by atoms with E-state index in [-0.39, 0.29) is 0 Å². The Kier molecular flexibility index (Phi) is 4.31. The van der Waals surface area contributed by atoms with E-state index in [1.54, 1.807) is 6.07 Å². The first-order chi connectivity index (χ1) is 8.13. The summed E-state index contributed by atoms with van der Waals surface area (Å²) in [5, 5.41) is 8.38. The smallest absolute Gasteiger partial charge is 0.151 e. The molecule has 0 spiro atoms. The molecule has 1 aliphatic rings. The van der Waals surface area contributed by atoms with Crippen LogP contribution in [0.25, 0.3) is 0 Å². The van der Waals surface area contributed by atoms with Crippen LogP contribution in [0.5, 0.6) is 0 Å². The molecule has 1 aromatic heterocycles. The molecule has 1 saturated heterocycles. The molecule has 94 valence electrons. The first-order valence-electron chi connectivity index (χ1n) is 5.98. The average Bonchev–Trinajstić information content (AvgIpc) is 2.67. The lowest BCUT2D eigenvalue weighted by Crippen LogP contribution is -2.27. The van der Waals surface area contributed by atoms with Crippen molar-refractivity contribution in [3.63, 3.8) is 0 Å². The summed E-state index contributed by atoms with van der Waals surface area (Å²) in [6.07, 6.45) is 1.30. The minimum absolute atomic E-state index is 0.453. The Labute approximate surface area is 108 Å². The Bertz CT molecular complexity index is 354. The highest BCUT2D eigenvalue weighted by Crippen LogP contribution is 2.15. The van der Waals surface area contributed by atoms with Gasteiger partial charge in [-0.05, 0) is 45.1 Å². The van der Waals surface area contributed by atoms with E-state index in [1.807, 2.05) is 6.07 Å². The molecule has 5 heteroatoms. The van der Waals surface area contributed by atoms with E-state index in [4.69, 9.17) is 11.6 Å². The number of hydrogen-bond donors (Lipinski definition) is 0. The first kappa shape index (κ1) is 12.7. The maximum absolute atomic E-state index is 5.71. The van der Waals surface area contributed by atoms with Crippen LogP contribution in [0.3, 0.4) is 0 Å². The third kappa shape index (κ3) is 3.91. The van der Waals surface area contributed by atoms with Gasteiger partial charge in [-0.3, -0.25) is 0 Å². The highest BCUT2D eigenvalue weighted by Gasteiger charge is 2.20. The summed E-state index contributed by atoms with van der Waals surface area (Å²) in [5.74, 6) is 0.783. The van der Waals surface area contributed by atoms with Crippen molar-refractivity contribution >= 4 is 11.6 Å². The number of rotatable bonds is 4. The van der Waals surface area contributed by atoms with Crippen molar-refractivity contribution in [1.29, 1.82) is 0 Å². The second kappa shape index (κ2) is 5.76. The van der Waals surface area contributed by atoms with Crippen LogP contribution in [-0.4, -0.2) is 53.7 Å². The molecule has 0 aromatic carbocycles. The second-order valence-electron chi connectivity index (χ2n) is 4.96. The van der Waals surface area contributed by atoms with Gasteiger partial charge in [0.15, 0.2) is 5.15 Å². The number of likely N-dealkylation sites (tertiary alicyclic amines) is 1. The van der Waals surface area contributed by atoms with Crippen molar-refractivity contribution in [2.75, 3.05) is 33.7 Å². The van der Waals surface area contributed by atoms with Crippen molar-refractivity contribution in [2.45, 2.75) is 13.0 Å². The molecular formula is C12H19ClN4. The lowest BCUT2D eigenvalue weighted by molar-refractivity contribution is 0.264. The summed E-state index contributed by atoms with van der Waals surface area (Å²) in [4.78, 5) is 4.70. The monoisotopic (exact) mass is 254 g/mol. The van der Waals surface area contributed by atoms with E-state index in [1.165, 1.54) is 19.5 Å². The molecule has 2 heterocycles. The zero-order chi connectivity index (χ0) is 12.3. The molecule has 0 amide bonds. The minimum Gasteiger partial charge on any atom is -0.306 e. The molecular weight excluding hydrogens is 236 g/mol. The highest BCUT2D eigenvalue weighted by molar-refractivity contribution is 6.29. The first-order valence-corrected chi connectivity index (χ1v) is 6.36. The summed E-state index contributed by atoms with van der Waals surface area (Å²) in [6, 6.07) is 3.73. The van der Waals surface area contributed by atoms with E-state index in [9.17, 15) is 0 Å². The summed E-state index contributed by atoms with van der Waals surface area (Å²) in [6.45, 7) is 4.38. The average molecular weight is 255 g/mol. The molecule has 1 atom stereocenters. The Morgan fingerprint density at radius 2 is 2.29 bits per heavy atom. The Morgan fingerprint density at radius 1 is 1.47 bits per heavy atom. The van der Waals surface area contributed by atoms with Gasteiger partial charge in [-0.15, -0.1) is 5.10 Å². The van der Waals surface area contributed by atoms with Gasteiger partial charge in [0, 0.05) is 19.6 Å². The molecule has 1 aromatic rings. The lowest BCUT2D eigenvalue weighted by atomic mass is 10.1. The molecule has 0 saturated carbocycles. The standard InChI is InChI=1S/C12H19ClN4/c1-16-6-5-10(7-16)8-17(2)9-11-3-4-12(13)15-14-11/h3-4,10H,5-9H2,1-2H3. The molecule has 1 fully saturated rings. The van der Waals surface area contributed by atoms with Gasteiger partial charge in [-0.1, -0.05) is 11.6 Å². The number of hydrogen-bond acceptors (Lipinski definition) is 4. The number of aromatic nitrogens is 2. The molecule has 0 radical (unpaired) electrons. The quantitative estimate of drug-likeness (QED) is 0.816. The van der Waals surface area contributed by atoms with Gasteiger partial charge in [0.1, 0.15) is 0 Å². The van der Waals surface area contributed by atoms with Crippen LogP contribution in [-0.2, 0) is 6.54 Å². The highest BCUT2D eigenvalue weighted by atomic mass is 35.5. The fraction of sp³-hybridized carbons (Fsp3) is 0.667. The number of nitrogens with zero attached hydrogens (tertiary/aromatic N) is 4. The van der Waals surface area contributed by atoms with Crippen molar-refractivity contribution < 1.29 is 0 Å². The van der Waals surface area contributed by atoms with E-state index in [2.05, 4.69) is 34.1 Å². The van der Waals surface area contributed by atoms with Gasteiger partial charge < -0.3 is 9.80 Å². The lowest BCUT2D eigenvalue weighted by Gasteiger charge is -2.20. The third-order valence-electron chi connectivity index (χ3n) is 3.18. The summed E-state index contributed by atoms with van der Waals surface area (Å²) in [7, 11) is 4.32. The molecule has 0 N–H and O–H groups in total. The van der Waals surface area contributed by atoms with Crippen LogP contribution >= 0.6 is 11.6 Å². The predicted molar refractivity (Wildman–Crippen MR) is 69.0 cm³/mol. The van der Waals surface area contributed by atoms with Gasteiger partial charge in [0.2, 0.25) is 0 Å². The topological polar surface area (TPSA) is 32.3 Å². The molecule has 1 unspecified atom stereocenters. The summed E-state index contributed by atoms with van der Waals surface area (Å²) >= 11 is 5.71. The fourth-order valence-corrected chi connectivity index (χ4v) is 2.49. The van der Waals surface area contributed by atoms with E-state index >= 15 is 0 Å². The zero-order valence-corrected chi connectivity index (χ0v) is 11.2. The van der Waals surface area contributed by atoms with Crippen LogP contribution in [0.1, 0.15) is 12.1 Å². The molecule has 17 heavy (non-hydrogen) atoms. The van der Waals surface area contributed by atoms with Crippen molar-refractivity contribution in [1.82, 2.24) is 20.0 Å². The van der Waals surface area contributed by atoms with Crippen LogP contribution < -0.4 is 0 Å². The van der Waals surface area contributed by atoms with E-state index < -0.39 is 0 Å². The molecule has 1 aliphatic heterocycles. The van der Waals surface area contributed by atoms with Gasteiger partial charge in [-0.25, -0.2) is 0 Å². The number of halogens is 1. The van der Waals surface area contributed by atoms with Crippen LogP contribution in [0.4, 0.5) is 0 Å². The summed E-state index contributed by atoms with van der Waals surface area (Å²) in [5.41, 5.74) is 0.975. The van der Waals surface area contributed by atoms with Gasteiger partial charge >= 0.3 is 0 Å². The van der Waals surface area contributed by atoms with Crippen molar-refractivity contribution in [3.8, 4) is 0 Å². The largest absolute Gasteiger partial charge is 0.306 e. The summed E-state index contributed by atoms with van der Waals surface area (Å²) < 4.78 is 0.